The maximum Gasteiger partial charge on any atom is 0.306 e. The molecule has 33 heavy (non-hydrogen) atoms. The first-order valence-electron chi connectivity index (χ1n) is 11.0. The van der Waals surface area contributed by atoms with Crippen molar-refractivity contribution in [2.45, 2.75) is 38.0 Å². The highest BCUT2D eigenvalue weighted by molar-refractivity contribution is 5.70. The summed E-state index contributed by atoms with van der Waals surface area (Å²) in [7, 11) is 1.60. The third-order valence-corrected chi connectivity index (χ3v) is 5.65. The summed E-state index contributed by atoms with van der Waals surface area (Å²) in [4.78, 5) is 11.8. The average molecular weight is 450 g/mol. The lowest BCUT2D eigenvalue weighted by molar-refractivity contribution is -0.142. The number of nitrogens with two attached hydrogens (primary N) is 1. The molecule has 0 saturated carbocycles. The molecule has 3 aromatic carbocycles. The van der Waals surface area contributed by atoms with Crippen LogP contribution in [0.3, 0.4) is 0 Å². The van der Waals surface area contributed by atoms with Gasteiger partial charge in [-0.25, -0.2) is 0 Å². The van der Waals surface area contributed by atoms with E-state index in [1.807, 2.05) is 78.9 Å². The molecule has 0 heterocycles. The molecule has 174 valence electrons. The van der Waals surface area contributed by atoms with Crippen LogP contribution in [-0.2, 0) is 24.2 Å². The van der Waals surface area contributed by atoms with Crippen LogP contribution in [0.1, 0.15) is 23.1 Å². The van der Waals surface area contributed by atoms with Gasteiger partial charge in [0.15, 0.2) is 0 Å². The molecule has 0 spiro atoms. The van der Waals surface area contributed by atoms with Crippen LogP contribution in [0.15, 0.2) is 78.9 Å². The fraction of sp³-hybridized carbons (Fsp3) is 0.296. The van der Waals surface area contributed by atoms with Crippen LogP contribution in [0.4, 0.5) is 0 Å². The molecule has 0 aliphatic heterocycles. The van der Waals surface area contributed by atoms with Gasteiger partial charge in [0.2, 0.25) is 0 Å². The number of hydrogen-bond acceptors (Lipinski definition) is 5. The SMILES string of the molecule is COc1ccc(CC(N)C(O)CC(Cc2ccc(OCc3ccccc3)cc2)C(=O)O)cc1. The van der Waals surface area contributed by atoms with Crippen molar-refractivity contribution in [3.63, 3.8) is 0 Å². The van der Waals surface area contributed by atoms with Crippen molar-refractivity contribution in [1.82, 2.24) is 0 Å². The molecule has 6 nitrogen and oxygen atoms in total. The van der Waals surface area contributed by atoms with Gasteiger partial charge in [0.1, 0.15) is 18.1 Å². The quantitative estimate of drug-likeness (QED) is 0.388. The Hall–Kier alpha value is -3.35. The highest BCUT2D eigenvalue weighted by Crippen LogP contribution is 2.21. The van der Waals surface area contributed by atoms with Gasteiger partial charge in [-0.3, -0.25) is 4.79 Å². The van der Waals surface area contributed by atoms with Crippen molar-refractivity contribution < 1.29 is 24.5 Å². The molecule has 6 heteroatoms. The molecule has 0 amide bonds. The van der Waals surface area contributed by atoms with Crippen molar-refractivity contribution in [3.05, 3.63) is 95.6 Å². The maximum absolute atomic E-state index is 11.8. The van der Waals surface area contributed by atoms with E-state index in [0.717, 1.165) is 28.2 Å². The average Bonchev–Trinajstić information content (AvgIpc) is 2.84. The second-order valence-corrected chi connectivity index (χ2v) is 8.18. The Balaban J connectivity index is 1.53. The lowest BCUT2D eigenvalue weighted by Crippen LogP contribution is -2.39. The van der Waals surface area contributed by atoms with Crippen molar-refractivity contribution in [2.24, 2.45) is 11.7 Å². The van der Waals surface area contributed by atoms with Crippen LogP contribution >= 0.6 is 0 Å². The predicted molar refractivity (Wildman–Crippen MR) is 127 cm³/mol. The van der Waals surface area contributed by atoms with Crippen molar-refractivity contribution >= 4 is 5.97 Å². The van der Waals surface area contributed by atoms with Gasteiger partial charge in [-0.05, 0) is 60.2 Å². The third kappa shape index (κ3) is 7.63. The monoisotopic (exact) mass is 449 g/mol. The number of hydrogen-bond donors (Lipinski definition) is 3. The number of aliphatic hydroxyl groups is 1. The van der Waals surface area contributed by atoms with Crippen molar-refractivity contribution in [2.75, 3.05) is 7.11 Å². The number of aliphatic carboxylic acids is 1. The minimum atomic E-state index is -0.949. The second kappa shape index (κ2) is 12.0. The number of rotatable bonds is 12. The van der Waals surface area contributed by atoms with E-state index in [0.29, 0.717) is 19.4 Å². The van der Waals surface area contributed by atoms with E-state index in [9.17, 15) is 15.0 Å². The lowest BCUT2D eigenvalue weighted by Gasteiger charge is -2.22. The highest BCUT2D eigenvalue weighted by atomic mass is 16.5. The molecule has 4 N–H and O–H groups in total. The van der Waals surface area contributed by atoms with E-state index in [2.05, 4.69) is 0 Å². The second-order valence-electron chi connectivity index (χ2n) is 8.18. The Morgan fingerprint density at radius 2 is 1.42 bits per heavy atom. The lowest BCUT2D eigenvalue weighted by atomic mass is 9.90. The summed E-state index contributed by atoms with van der Waals surface area (Å²) in [5.41, 5.74) is 9.07. The number of aliphatic hydroxyl groups excluding tert-OH is 1. The smallest absolute Gasteiger partial charge is 0.306 e. The number of carboxylic acids is 1. The zero-order valence-electron chi connectivity index (χ0n) is 18.8. The van der Waals surface area contributed by atoms with E-state index >= 15 is 0 Å². The van der Waals surface area contributed by atoms with Gasteiger partial charge in [-0.15, -0.1) is 0 Å². The van der Waals surface area contributed by atoms with Gasteiger partial charge in [0, 0.05) is 6.04 Å². The summed E-state index contributed by atoms with van der Waals surface area (Å²) < 4.78 is 10.9. The zero-order chi connectivity index (χ0) is 23.6. The van der Waals surface area contributed by atoms with Crippen LogP contribution < -0.4 is 15.2 Å². The largest absolute Gasteiger partial charge is 0.497 e. The Labute approximate surface area is 194 Å². The molecule has 3 unspecified atom stereocenters. The molecule has 3 rings (SSSR count). The fourth-order valence-electron chi connectivity index (χ4n) is 3.65. The standard InChI is InChI=1S/C27H31NO5/c1-32-23-11-7-20(8-12-23)16-25(28)26(29)17-22(27(30)31)15-19-9-13-24(14-10-19)33-18-21-5-3-2-4-6-21/h2-14,22,25-26,29H,15-18,28H2,1H3,(H,30,31). The van der Waals surface area contributed by atoms with Gasteiger partial charge >= 0.3 is 5.97 Å². The maximum atomic E-state index is 11.8. The van der Waals surface area contributed by atoms with Crippen molar-refractivity contribution in [1.29, 1.82) is 0 Å². The minimum Gasteiger partial charge on any atom is -0.497 e. The number of methoxy groups -OCH3 is 1. The first-order chi connectivity index (χ1) is 15.9. The molecule has 0 aliphatic carbocycles. The van der Waals surface area contributed by atoms with Gasteiger partial charge in [-0.2, -0.15) is 0 Å². The van der Waals surface area contributed by atoms with E-state index < -0.39 is 24.0 Å². The Morgan fingerprint density at radius 1 is 0.848 bits per heavy atom. The van der Waals surface area contributed by atoms with Gasteiger partial charge in [-0.1, -0.05) is 54.6 Å². The van der Waals surface area contributed by atoms with Gasteiger partial charge in [0.05, 0.1) is 19.1 Å². The fourth-order valence-corrected chi connectivity index (χ4v) is 3.65. The highest BCUT2D eigenvalue weighted by Gasteiger charge is 2.25. The topological polar surface area (TPSA) is 102 Å². The van der Waals surface area contributed by atoms with Gasteiger partial charge < -0.3 is 25.4 Å². The number of carbonyl (C=O) groups is 1. The molecule has 0 fully saturated rings. The molecule has 0 radical (unpaired) electrons. The van der Waals surface area contributed by atoms with Crippen LogP contribution in [0.2, 0.25) is 0 Å². The summed E-state index contributed by atoms with van der Waals surface area (Å²) in [6, 6.07) is 24.2. The van der Waals surface area contributed by atoms with E-state index in [1.165, 1.54) is 0 Å². The Kier molecular flexibility index (Phi) is 8.87. The third-order valence-electron chi connectivity index (χ3n) is 5.65. The number of benzene rings is 3. The van der Waals surface area contributed by atoms with E-state index in [1.54, 1.807) is 7.11 Å². The summed E-state index contributed by atoms with van der Waals surface area (Å²) >= 11 is 0. The molecule has 0 bridgehead atoms. The molecule has 3 atom stereocenters. The molecule has 0 aliphatic rings. The predicted octanol–water partition coefficient (Wildman–Crippen LogP) is 3.84. The first-order valence-corrected chi connectivity index (χ1v) is 11.0. The Morgan fingerprint density at radius 3 is 2.00 bits per heavy atom. The number of ether oxygens (including phenoxy) is 2. The van der Waals surface area contributed by atoms with Crippen LogP contribution in [0, 0.1) is 5.92 Å². The summed E-state index contributed by atoms with van der Waals surface area (Å²) in [5.74, 6) is -0.223. The first kappa shape index (κ1) is 24.3. The summed E-state index contributed by atoms with van der Waals surface area (Å²) in [6.45, 7) is 0.468. The number of carboxylic acid groups (broad SMARTS) is 1. The normalized spacial score (nSPS) is 13.7. The van der Waals surface area contributed by atoms with E-state index in [4.69, 9.17) is 15.2 Å². The van der Waals surface area contributed by atoms with Crippen LogP contribution in [-0.4, -0.2) is 35.4 Å². The zero-order valence-corrected chi connectivity index (χ0v) is 18.8. The summed E-state index contributed by atoms with van der Waals surface area (Å²) in [6.07, 6.45) is -0.0912. The molecule has 0 aromatic heterocycles. The Bertz CT molecular complexity index is 989. The minimum absolute atomic E-state index is 0.0823. The van der Waals surface area contributed by atoms with Crippen molar-refractivity contribution in [3.8, 4) is 11.5 Å². The van der Waals surface area contributed by atoms with Gasteiger partial charge in [0.25, 0.3) is 0 Å². The summed E-state index contributed by atoms with van der Waals surface area (Å²) in [5, 5.41) is 20.3. The van der Waals surface area contributed by atoms with Crippen LogP contribution in [0.25, 0.3) is 0 Å². The van der Waals surface area contributed by atoms with E-state index in [-0.39, 0.29) is 6.42 Å². The molecular formula is C27H31NO5. The molecule has 0 saturated heterocycles. The molecular weight excluding hydrogens is 418 g/mol. The molecule has 3 aromatic rings. The van der Waals surface area contributed by atoms with Crippen LogP contribution in [0.5, 0.6) is 11.5 Å².